The second kappa shape index (κ2) is 44.9. The number of imidazole rings is 5. The zero-order chi connectivity index (χ0) is 98.6. The molecule has 10 aromatic heterocycles. The van der Waals surface area contributed by atoms with Crippen LogP contribution < -0.4 is 32.5 Å². The Morgan fingerprint density at radius 1 is 0.403 bits per heavy atom. The summed E-state index contributed by atoms with van der Waals surface area (Å²) >= 11 is 8.25. The highest BCUT2D eigenvalue weighted by molar-refractivity contribution is 7.99. The molecule has 15 rings (SSSR count). The molecule has 744 valence electrons. The summed E-state index contributed by atoms with van der Waals surface area (Å²) in [5.41, 5.74) is 1.86. The molecule has 10 aromatic rings. The van der Waals surface area contributed by atoms with Gasteiger partial charge in [0.1, 0.15) is 89.7 Å². The molecule has 5 fully saturated rings. The first-order chi connectivity index (χ1) is 62.7. The molecule has 41 nitrogen and oxygen atoms in total. The summed E-state index contributed by atoms with van der Waals surface area (Å²) in [6.07, 6.45) is 20.9. The van der Waals surface area contributed by atoms with Crippen LogP contribution in [0, 0.1) is 25.4 Å². The number of nitrogens with one attached hydrogen (secondary N) is 6. The molecule has 5 aliphatic heterocycles. The summed E-state index contributed by atoms with van der Waals surface area (Å²) < 4.78 is 38.4. The molecule has 5 unspecified atom stereocenters. The number of H-pyrrole nitrogens is 5. The standard InChI is InChI=1S/C20H33N4O4PS.C19H31N4O4PS.C16H26N5O4P.C15H24N5O4P.C15H23N4O3PS/c1-6-7-8-11-30-20-23-14-17(21-12(2)22-18(14)27)24(20)19-16(26)15(25)13(28-19)9-10-29(3,4)5;1-6-7-10-29-19-22-13-16(20-11(2)21-17(13)26)23(19)18-15(25)14(24)12(27-18)8-9-28(3,4)5;1-20(2)16-18-13-10(14(24)19-16)17-8-21(13)15-12(23)11(22)9(25-15)6-7-26(3,4)5;1-16-15-18-12-9(13(23)19-15)17-7-20(12)14-11(22)10(21)8(24-14)5-6-25(2,3)4;1-8-17-13-10(14(24)18-8)16-7-19(13)15-12(21)11(20)9(22-15)5-6-23(2,3)4/h13,15-16,19,25-26H,3,6-11H2,1-2,4-5H3,(H,21,22,27);12,14-15,18,24-25H,3,6-10H2,1-2,4-5H3,(H,20,21,26);8-9,11-12,15,22-23H,3,6-7H2,1-2,4-5H3,(H,18,19,24);7-8,10-11,14,21-22H,2,5-6H2,1,3-4H3,(H2,16,18,19,23);7,9,11-12,15,20-21H,2,5-6H2,1,3-4H3,(H,17,18,24)/t13-,15-,16-,19?;12-,14-,15-,18?;9-,11-,12-,15?;8-,10-,11-,14?;9-,11-,12-,15?/m11111/s1. The second-order valence-corrected chi connectivity index (χ2v) is 62.6. The number of nitrogens with zero attached hydrogens (tertiary/aromatic N) is 16. The lowest BCUT2D eigenvalue weighted by molar-refractivity contribution is -0.0400. The van der Waals surface area contributed by atoms with Gasteiger partial charge in [0.2, 0.25) is 11.9 Å². The van der Waals surface area contributed by atoms with Crippen molar-refractivity contribution in [1.82, 2.24) is 97.6 Å². The number of aliphatic hydroxyl groups is 10. The van der Waals surface area contributed by atoms with Crippen LogP contribution in [0.5, 0.6) is 0 Å². The minimum atomic E-state index is -1.28. The van der Waals surface area contributed by atoms with E-state index in [1.807, 2.05) is 0 Å². The fourth-order valence-corrected chi connectivity index (χ4v) is 22.9. The molecule has 0 radical (unpaired) electrons. The van der Waals surface area contributed by atoms with Gasteiger partial charge in [-0.05, 0) is 163 Å². The van der Waals surface area contributed by atoms with Gasteiger partial charge in [0, 0.05) is 32.6 Å². The van der Waals surface area contributed by atoms with Gasteiger partial charge in [-0.3, -0.25) is 52.0 Å². The molecule has 5 aliphatic rings. The van der Waals surface area contributed by atoms with Gasteiger partial charge in [-0.1, -0.05) is 68.9 Å². The average Bonchev–Trinajstić information content (AvgIpc) is 1.58. The van der Waals surface area contributed by atoms with Crippen LogP contribution in [-0.4, -0.2) is 402 Å². The number of fused-ring (bicyclic) bond motifs is 5. The molecule has 0 aliphatic carbocycles. The number of aryl methyl sites for hydroxylation is 3. The predicted octanol–water partition coefficient (Wildman–Crippen LogP) is 5.77. The summed E-state index contributed by atoms with van der Waals surface area (Å²) in [5.74, 6) is 3.90. The van der Waals surface area contributed by atoms with E-state index in [1.165, 1.54) is 45.3 Å². The van der Waals surface area contributed by atoms with Crippen molar-refractivity contribution < 1.29 is 74.7 Å². The molecule has 16 N–H and O–H groups in total. The van der Waals surface area contributed by atoms with Gasteiger partial charge >= 0.3 is 0 Å². The number of thioether (sulfide) groups is 2. The van der Waals surface area contributed by atoms with E-state index < -0.39 is 157 Å². The quantitative estimate of drug-likeness (QED) is 0.0106. The summed E-state index contributed by atoms with van der Waals surface area (Å²) in [7, 11) is 5.15. The van der Waals surface area contributed by atoms with E-state index in [0.29, 0.717) is 98.6 Å². The molecule has 15 heterocycles. The zero-order valence-electron chi connectivity index (χ0n) is 79.6. The van der Waals surface area contributed by atoms with Crippen molar-refractivity contribution in [2.75, 3.05) is 140 Å². The third-order valence-electron chi connectivity index (χ3n) is 23.2. The number of aromatic amines is 5. The van der Waals surface area contributed by atoms with Gasteiger partial charge in [-0.15, -0.1) is 65.9 Å². The Kier molecular flexibility index (Phi) is 36.1. The molecule has 134 heavy (non-hydrogen) atoms. The first-order valence-corrected chi connectivity index (χ1v) is 62.3. The number of anilines is 2. The maximum Gasteiger partial charge on any atom is 0.280 e. The lowest BCUT2D eigenvalue weighted by atomic mass is 10.1. The van der Waals surface area contributed by atoms with E-state index in [2.05, 4.69) is 192 Å². The lowest BCUT2D eigenvalue weighted by Gasteiger charge is -2.20. The number of rotatable bonds is 31. The minimum Gasteiger partial charge on any atom is -0.388 e. The maximum atomic E-state index is 12.4. The third-order valence-corrected chi connectivity index (χ3v) is 32.9. The summed E-state index contributed by atoms with van der Waals surface area (Å²) in [6.45, 7) is 24.4. The fraction of sp³-hybridized carbons (Fsp3) is 0.647. The predicted molar refractivity (Wildman–Crippen MR) is 546 cm³/mol. The Morgan fingerprint density at radius 3 is 1.09 bits per heavy atom. The van der Waals surface area contributed by atoms with Crippen LogP contribution in [0.3, 0.4) is 0 Å². The van der Waals surface area contributed by atoms with Crippen molar-refractivity contribution in [2.24, 2.45) is 0 Å². The number of hydrogen-bond acceptors (Lipinski definition) is 34. The molecule has 49 heteroatoms. The largest absolute Gasteiger partial charge is 0.388 e. The highest BCUT2D eigenvalue weighted by atomic mass is 32.2. The normalized spacial score (nSPS) is 26.2. The van der Waals surface area contributed by atoms with Crippen molar-refractivity contribution in [3.63, 3.8) is 0 Å². The minimum absolute atomic E-state index is 0.151. The van der Waals surface area contributed by atoms with Crippen LogP contribution in [0.4, 0.5) is 11.9 Å². The topological polar surface area (TPSA) is 565 Å². The molecule has 20 atom stereocenters. The van der Waals surface area contributed by atoms with Crippen LogP contribution in [0.15, 0.2) is 48.5 Å². The Morgan fingerprint density at radius 2 is 0.724 bits per heavy atom. The van der Waals surface area contributed by atoms with Crippen LogP contribution in [0.25, 0.3) is 55.8 Å². The van der Waals surface area contributed by atoms with Crippen molar-refractivity contribution in [2.45, 2.75) is 232 Å². The SMILES string of the molecule is C=P(C)(C)CC[C@H]1OC(n2c(SCCCC)nc3c(=O)[nH]c(C)nc32)[C@H](O)[C@@H]1O.C=P(C)(C)CC[C@H]1OC(n2c(SCCCCC)nc3c(=O)[nH]c(C)nc32)[C@H](O)[C@@H]1O.C=P(C)(C)CC[C@H]1OC(n2cnc3c(=O)[nH]c(N(C)C)nc32)[C@H](O)[C@@H]1O.C=P(C)(C)CC[C@H]1OC(n2cnc3c(=O)[nH]c(NC)nc32)[C@H](O)[C@@H]1O.C=P(C)(C)CC[C@H]1OC(n2cnc3c(=S)nc(C)[nH]c32)[C@H](O)[C@@H]1O. The Labute approximate surface area is 791 Å². The molecule has 0 spiro atoms. The summed E-state index contributed by atoms with van der Waals surface area (Å²) in [6, 6.07) is 0. The van der Waals surface area contributed by atoms with Gasteiger partial charge in [-0.25, -0.2) is 39.9 Å². The van der Waals surface area contributed by atoms with E-state index in [1.54, 1.807) is 66.8 Å². The van der Waals surface area contributed by atoms with E-state index in [4.69, 9.17) is 35.9 Å². The lowest BCUT2D eigenvalue weighted by Crippen LogP contribution is -2.32. The third kappa shape index (κ3) is 26.3. The Balaban J connectivity index is 0.000000162. The van der Waals surface area contributed by atoms with Gasteiger partial charge < -0.3 is 99.9 Å². The van der Waals surface area contributed by atoms with E-state index >= 15 is 0 Å². The van der Waals surface area contributed by atoms with E-state index in [9.17, 15) is 70.2 Å². The Hall–Kier alpha value is -6.63. The summed E-state index contributed by atoms with van der Waals surface area (Å²) in [4.78, 5) is 108. The summed E-state index contributed by atoms with van der Waals surface area (Å²) in [5, 5.41) is 109. The van der Waals surface area contributed by atoms with Crippen LogP contribution in [0.1, 0.15) is 127 Å². The average molecular weight is 2020 g/mol. The monoisotopic (exact) mass is 2020 g/mol. The smallest absolute Gasteiger partial charge is 0.280 e. The van der Waals surface area contributed by atoms with Crippen molar-refractivity contribution in [3.05, 3.63) is 82.5 Å². The van der Waals surface area contributed by atoms with Crippen molar-refractivity contribution >= 4 is 169 Å². The van der Waals surface area contributed by atoms with Gasteiger partial charge in [-0.2, -0.15) is 9.97 Å². The molecule has 0 aromatic carbocycles. The fourth-order valence-electron chi connectivity index (χ4n) is 15.8. The number of aliphatic hydroxyl groups excluding tert-OH is 10. The molecular weight excluding hydrogens is 1880 g/mol. The first-order valence-electron chi connectivity index (χ1n) is 44.6. The molecule has 0 saturated carbocycles. The number of aromatic nitrogens is 20. The second-order valence-electron chi connectivity index (χ2n) is 38.5. The van der Waals surface area contributed by atoms with E-state index in [-0.39, 0.29) is 55.9 Å². The van der Waals surface area contributed by atoms with Gasteiger partial charge in [0.05, 0.1) is 49.5 Å². The number of unbranched alkanes of at least 4 members (excludes halogenated alkanes) is 3. The highest BCUT2D eigenvalue weighted by Gasteiger charge is 2.50. The van der Waals surface area contributed by atoms with Gasteiger partial charge in [0.15, 0.2) is 90.7 Å². The highest BCUT2D eigenvalue weighted by Crippen LogP contribution is 2.47. The molecular formula is C85H137N22O19P5S3. The Bertz CT molecular complexity index is 6320. The van der Waals surface area contributed by atoms with E-state index in [0.717, 1.165) is 74.4 Å². The maximum absolute atomic E-state index is 12.4. The van der Waals surface area contributed by atoms with Crippen molar-refractivity contribution in [3.8, 4) is 0 Å². The molecule has 0 bridgehead atoms. The number of hydrogen-bond donors (Lipinski definition) is 16. The van der Waals surface area contributed by atoms with Crippen LogP contribution in [0.2, 0.25) is 0 Å². The molecule has 0 amide bonds. The van der Waals surface area contributed by atoms with Crippen LogP contribution in [-0.2, 0) is 23.7 Å². The van der Waals surface area contributed by atoms with Gasteiger partial charge in [0.25, 0.3) is 22.2 Å². The van der Waals surface area contributed by atoms with Crippen molar-refractivity contribution in [1.29, 1.82) is 0 Å². The first kappa shape index (κ1) is 108. The van der Waals surface area contributed by atoms with Crippen LogP contribution >= 0.6 is 70.2 Å². The number of ether oxygens (including phenoxy) is 5. The molecule has 5 saturated heterocycles. The zero-order valence-corrected chi connectivity index (χ0v) is 86.5.